The minimum Gasteiger partial charge on any atom is -0.255 e. The highest BCUT2D eigenvalue weighted by Gasteiger charge is 2.06. The van der Waals surface area contributed by atoms with E-state index in [1.165, 1.54) is 39.0 Å². The lowest BCUT2D eigenvalue weighted by Crippen LogP contribution is -2.29. The molecule has 100 valence electrons. The highest BCUT2D eigenvalue weighted by atomic mass is 35.5. The maximum atomic E-state index is 3.24. The summed E-state index contributed by atoms with van der Waals surface area (Å²) in [7, 11) is 0. The second-order valence-corrected chi connectivity index (χ2v) is 3.68. The van der Waals surface area contributed by atoms with Crippen LogP contribution in [0, 0.1) is 0 Å². The molecule has 0 amide bonds. The Bertz CT molecular complexity index is 121. The van der Waals surface area contributed by atoms with Crippen LogP contribution in [0.4, 0.5) is 0 Å². The standard InChI is InChI=1S/2C5H12N2.2ClH/c2*1-2-7-5-3-4-6-7;;/h2*6H,2-5H2,1H3;2*1H. The van der Waals surface area contributed by atoms with Crippen LogP contribution in [0.15, 0.2) is 0 Å². The number of hydrogen-bond acceptors (Lipinski definition) is 4. The van der Waals surface area contributed by atoms with Gasteiger partial charge >= 0.3 is 0 Å². The summed E-state index contributed by atoms with van der Waals surface area (Å²) in [5, 5.41) is 4.47. The largest absolute Gasteiger partial charge is 0.255 e. The fraction of sp³-hybridized carbons (Fsp3) is 1.00. The van der Waals surface area contributed by atoms with Crippen molar-refractivity contribution in [3.63, 3.8) is 0 Å². The van der Waals surface area contributed by atoms with E-state index in [1.54, 1.807) is 0 Å². The molecule has 2 saturated heterocycles. The van der Waals surface area contributed by atoms with Crippen LogP contribution < -0.4 is 10.9 Å². The summed E-state index contributed by atoms with van der Waals surface area (Å²) < 4.78 is 0. The first kappa shape index (κ1) is 18.8. The normalized spacial score (nSPS) is 20.6. The molecule has 2 N–H and O–H groups in total. The maximum absolute atomic E-state index is 3.24. The van der Waals surface area contributed by atoms with Gasteiger partial charge in [0, 0.05) is 39.3 Å². The van der Waals surface area contributed by atoms with Crippen molar-refractivity contribution >= 4 is 24.8 Å². The predicted octanol–water partition coefficient (Wildman–Crippen LogP) is 1.28. The Kier molecular flexibility index (Phi) is 14.0. The zero-order valence-corrected chi connectivity index (χ0v) is 12.0. The fourth-order valence-corrected chi connectivity index (χ4v) is 1.71. The van der Waals surface area contributed by atoms with E-state index in [9.17, 15) is 0 Å². The Hall–Kier alpha value is 0.420. The number of rotatable bonds is 2. The second kappa shape index (κ2) is 11.9. The molecule has 2 aliphatic rings. The molecule has 0 aromatic heterocycles. The molecule has 0 aromatic carbocycles. The Morgan fingerprint density at radius 2 is 1.19 bits per heavy atom. The zero-order chi connectivity index (χ0) is 10.2. The third-order valence-corrected chi connectivity index (χ3v) is 2.64. The van der Waals surface area contributed by atoms with Crippen LogP contribution in [0.3, 0.4) is 0 Å². The van der Waals surface area contributed by atoms with Crippen LogP contribution in [0.1, 0.15) is 26.7 Å². The monoisotopic (exact) mass is 272 g/mol. The minimum absolute atomic E-state index is 0. The van der Waals surface area contributed by atoms with E-state index >= 15 is 0 Å². The van der Waals surface area contributed by atoms with Gasteiger partial charge in [-0.2, -0.15) is 0 Å². The van der Waals surface area contributed by atoms with Gasteiger partial charge < -0.3 is 0 Å². The number of halogens is 2. The first-order valence-corrected chi connectivity index (χ1v) is 5.83. The molecular formula is C10H26Cl2N4. The van der Waals surface area contributed by atoms with Gasteiger partial charge in [0.15, 0.2) is 0 Å². The molecule has 0 saturated carbocycles. The molecule has 0 unspecified atom stereocenters. The average molecular weight is 273 g/mol. The molecule has 0 spiro atoms. The van der Waals surface area contributed by atoms with Gasteiger partial charge in [0.1, 0.15) is 0 Å². The molecule has 0 bridgehead atoms. The molecule has 0 atom stereocenters. The summed E-state index contributed by atoms with van der Waals surface area (Å²) in [4.78, 5) is 0. The lowest BCUT2D eigenvalue weighted by molar-refractivity contribution is 0.268. The Balaban J connectivity index is 0. The van der Waals surface area contributed by atoms with Crippen molar-refractivity contribution in [2.75, 3.05) is 39.3 Å². The highest BCUT2D eigenvalue weighted by Crippen LogP contribution is 1.93. The molecule has 2 heterocycles. The maximum Gasteiger partial charge on any atom is 0.0143 e. The summed E-state index contributed by atoms with van der Waals surface area (Å²) in [5.74, 6) is 0. The first-order chi connectivity index (χ1) is 6.86. The van der Waals surface area contributed by atoms with Gasteiger partial charge in [-0.1, -0.05) is 13.8 Å². The fourth-order valence-electron chi connectivity index (χ4n) is 1.71. The topological polar surface area (TPSA) is 30.5 Å². The van der Waals surface area contributed by atoms with Gasteiger partial charge in [-0.3, -0.25) is 10.9 Å². The van der Waals surface area contributed by atoms with Gasteiger partial charge in [0.25, 0.3) is 0 Å². The second-order valence-electron chi connectivity index (χ2n) is 3.68. The van der Waals surface area contributed by atoms with Crippen LogP contribution in [-0.2, 0) is 0 Å². The summed E-state index contributed by atoms with van der Waals surface area (Å²) >= 11 is 0. The number of hydrazine groups is 2. The van der Waals surface area contributed by atoms with Gasteiger partial charge in [0.2, 0.25) is 0 Å². The quantitative estimate of drug-likeness (QED) is 0.793. The highest BCUT2D eigenvalue weighted by molar-refractivity contribution is 5.85. The Morgan fingerprint density at radius 1 is 0.812 bits per heavy atom. The van der Waals surface area contributed by atoms with Crippen molar-refractivity contribution in [1.82, 2.24) is 20.9 Å². The minimum atomic E-state index is 0. The van der Waals surface area contributed by atoms with E-state index in [1.807, 2.05) is 0 Å². The van der Waals surface area contributed by atoms with Crippen molar-refractivity contribution in [3.05, 3.63) is 0 Å². The van der Waals surface area contributed by atoms with E-state index in [-0.39, 0.29) is 24.8 Å². The molecule has 4 nitrogen and oxygen atoms in total. The number of hydrogen-bond donors (Lipinski definition) is 2. The van der Waals surface area contributed by atoms with E-state index in [0.29, 0.717) is 0 Å². The summed E-state index contributed by atoms with van der Waals surface area (Å²) in [6, 6.07) is 0. The molecular weight excluding hydrogens is 247 g/mol. The lowest BCUT2D eigenvalue weighted by Gasteiger charge is -2.09. The summed E-state index contributed by atoms with van der Waals surface area (Å²) in [6.07, 6.45) is 2.63. The van der Waals surface area contributed by atoms with Gasteiger partial charge in [-0.05, 0) is 12.8 Å². The van der Waals surface area contributed by atoms with Gasteiger partial charge in [-0.15, -0.1) is 24.8 Å². The Morgan fingerprint density at radius 3 is 1.31 bits per heavy atom. The first-order valence-electron chi connectivity index (χ1n) is 5.83. The molecule has 2 rings (SSSR count). The molecule has 0 radical (unpaired) electrons. The predicted molar refractivity (Wildman–Crippen MR) is 74.2 cm³/mol. The number of nitrogens with zero attached hydrogens (tertiary/aromatic N) is 2. The van der Waals surface area contributed by atoms with E-state index < -0.39 is 0 Å². The molecule has 16 heavy (non-hydrogen) atoms. The van der Waals surface area contributed by atoms with Crippen molar-refractivity contribution in [2.24, 2.45) is 0 Å². The van der Waals surface area contributed by atoms with Crippen LogP contribution in [0.2, 0.25) is 0 Å². The Labute approximate surface area is 112 Å². The molecule has 0 aliphatic carbocycles. The van der Waals surface area contributed by atoms with Gasteiger partial charge in [0.05, 0.1) is 0 Å². The van der Waals surface area contributed by atoms with E-state index in [0.717, 1.165) is 13.1 Å². The zero-order valence-electron chi connectivity index (χ0n) is 10.4. The van der Waals surface area contributed by atoms with Crippen LogP contribution in [0.25, 0.3) is 0 Å². The van der Waals surface area contributed by atoms with E-state index in [2.05, 4.69) is 34.7 Å². The third-order valence-electron chi connectivity index (χ3n) is 2.64. The molecule has 0 aromatic rings. The molecule has 6 heteroatoms. The SMILES string of the molecule is CCN1CCCN1.CCN1CCCN1.Cl.Cl. The van der Waals surface area contributed by atoms with Crippen LogP contribution in [0.5, 0.6) is 0 Å². The molecule has 2 fully saturated rings. The molecule has 2 aliphatic heterocycles. The summed E-state index contributed by atoms with van der Waals surface area (Å²) in [5.41, 5.74) is 6.48. The van der Waals surface area contributed by atoms with Crippen molar-refractivity contribution in [1.29, 1.82) is 0 Å². The average Bonchev–Trinajstić information content (AvgIpc) is 2.92. The summed E-state index contributed by atoms with van der Waals surface area (Å²) in [6.45, 7) is 11.4. The van der Waals surface area contributed by atoms with Crippen molar-refractivity contribution in [3.8, 4) is 0 Å². The van der Waals surface area contributed by atoms with Crippen LogP contribution in [-0.4, -0.2) is 49.3 Å². The van der Waals surface area contributed by atoms with Crippen molar-refractivity contribution < 1.29 is 0 Å². The van der Waals surface area contributed by atoms with E-state index in [4.69, 9.17) is 0 Å². The van der Waals surface area contributed by atoms with Gasteiger partial charge in [-0.25, -0.2) is 10.0 Å². The third kappa shape index (κ3) is 7.65. The smallest absolute Gasteiger partial charge is 0.0143 e. The van der Waals surface area contributed by atoms with Crippen LogP contribution >= 0.6 is 24.8 Å². The lowest BCUT2D eigenvalue weighted by atomic mass is 10.5. The number of nitrogens with one attached hydrogen (secondary N) is 2. The van der Waals surface area contributed by atoms with Crippen molar-refractivity contribution in [2.45, 2.75) is 26.7 Å².